The Morgan fingerprint density at radius 2 is 2.22 bits per heavy atom. The van der Waals surface area contributed by atoms with Gasteiger partial charge in [0.05, 0.1) is 6.61 Å². The Bertz CT molecular complexity index is 493. The van der Waals surface area contributed by atoms with Gasteiger partial charge in [-0.3, -0.25) is 0 Å². The van der Waals surface area contributed by atoms with Crippen molar-refractivity contribution in [1.82, 2.24) is 9.55 Å². The molecule has 0 aliphatic carbocycles. The van der Waals surface area contributed by atoms with Crippen molar-refractivity contribution in [3.05, 3.63) is 42.2 Å². The van der Waals surface area contributed by atoms with Gasteiger partial charge in [0, 0.05) is 25.5 Å². The van der Waals surface area contributed by atoms with Crippen LogP contribution >= 0.6 is 0 Å². The third-order valence-electron chi connectivity index (χ3n) is 2.72. The van der Waals surface area contributed by atoms with E-state index < -0.39 is 0 Å². The van der Waals surface area contributed by atoms with E-state index in [-0.39, 0.29) is 0 Å². The smallest absolute Gasteiger partial charge is 0.203 e. The van der Waals surface area contributed by atoms with E-state index >= 15 is 0 Å². The van der Waals surface area contributed by atoms with Crippen molar-refractivity contribution in [2.75, 3.05) is 11.9 Å². The summed E-state index contributed by atoms with van der Waals surface area (Å²) in [7, 11) is 0. The number of anilines is 1. The summed E-state index contributed by atoms with van der Waals surface area (Å²) in [4.78, 5) is 4.28. The first-order chi connectivity index (χ1) is 8.83. The lowest BCUT2D eigenvalue weighted by atomic mass is 10.2. The highest BCUT2D eigenvalue weighted by Crippen LogP contribution is 2.14. The monoisotopic (exact) mass is 245 g/mol. The lowest BCUT2D eigenvalue weighted by Crippen LogP contribution is -2.06. The van der Waals surface area contributed by atoms with Gasteiger partial charge in [-0.05, 0) is 31.5 Å². The molecule has 1 aromatic carbocycles. The Balaban J connectivity index is 1.99. The van der Waals surface area contributed by atoms with Gasteiger partial charge in [-0.15, -0.1) is 0 Å². The fourth-order valence-corrected chi connectivity index (χ4v) is 1.82. The van der Waals surface area contributed by atoms with E-state index in [9.17, 15) is 0 Å². The van der Waals surface area contributed by atoms with Crippen LogP contribution in [0.15, 0.2) is 36.7 Å². The summed E-state index contributed by atoms with van der Waals surface area (Å²) in [6.07, 6.45) is 3.78. The maximum atomic E-state index is 5.48. The average molecular weight is 245 g/mol. The highest BCUT2D eigenvalue weighted by molar-refractivity contribution is 5.33. The van der Waals surface area contributed by atoms with Gasteiger partial charge >= 0.3 is 0 Å². The number of rotatable bonds is 6. The molecule has 0 spiro atoms. The fourth-order valence-electron chi connectivity index (χ4n) is 1.82. The molecule has 0 radical (unpaired) electrons. The standard InChI is InChI=1S/C14H19N3O/c1-3-17-9-8-15-14(17)16-11-12-6-5-7-13(10-12)18-4-2/h5-10H,3-4,11H2,1-2H3,(H,15,16). The first-order valence-corrected chi connectivity index (χ1v) is 6.30. The summed E-state index contributed by atoms with van der Waals surface area (Å²) in [5, 5.41) is 3.33. The first-order valence-electron chi connectivity index (χ1n) is 6.30. The van der Waals surface area contributed by atoms with Crippen LogP contribution in [0, 0.1) is 0 Å². The normalized spacial score (nSPS) is 10.3. The molecule has 0 fully saturated rings. The van der Waals surface area contributed by atoms with Crippen LogP contribution in [0.3, 0.4) is 0 Å². The van der Waals surface area contributed by atoms with Crippen LogP contribution in [-0.2, 0) is 13.1 Å². The predicted octanol–water partition coefficient (Wildman–Crippen LogP) is 2.91. The number of nitrogens with zero attached hydrogens (tertiary/aromatic N) is 2. The molecule has 18 heavy (non-hydrogen) atoms. The minimum absolute atomic E-state index is 0.692. The molecule has 0 atom stereocenters. The number of ether oxygens (including phenoxy) is 1. The second-order valence-electron chi connectivity index (χ2n) is 3.97. The van der Waals surface area contributed by atoms with E-state index in [1.165, 1.54) is 5.56 Å². The first kappa shape index (κ1) is 12.5. The summed E-state index contributed by atoms with van der Waals surface area (Å²) in [6, 6.07) is 8.11. The maximum absolute atomic E-state index is 5.48. The number of hydrogen-bond donors (Lipinski definition) is 1. The highest BCUT2D eigenvalue weighted by atomic mass is 16.5. The van der Waals surface area contributed by atoms with Gasteiger partial charge in [-0.25, -0.2) is 4.98 Å². The molecular weight excluding hydrogens is 226 g/mol. The van der Waals surface area contributed by atoms with Crippen molar-refractivity contribution in [3.8, 4) is 5.75 Å². The molecule has 1 heterocycles. The number of nitrogens with one attached hydrogen (secondary N) is 1. The second kappa shape index (κ2) is 6.10. The number of imidazole rings is 1. The van der Waals surface area contributed by atoms with Gasteiger partial charge in [-0.2, -0.15) is 0 Å². The van der Waals surface area contributed by atoms with E-state index in [1.807, 2.05) is 31.5 Å². The van der Waals surface area contributed by atoms with Gasteiger partial charge in [-0.1, -0.05) is 12.1 Å². The van der Waals surface area contributed by atoms with Crippen LogP contribution in [0.4, 0.5) is 5.95 Å². The van der Waals surface area contributed by atoms with Crippen LogP contribution < -0.4 is 10.1 Å². The number of hydrogen-bond acceptors (Lipinski definition) is 3. The molecule has 0 aliphatic rings. The molecule has 0 aliphatic heterocycles. The summed E-state index contributed by atoms with van der Waals surface area (Å²) in [5.41, 5.74) is 1.19. The molecule has 0 amide bonds. The van der Waals surface area contributed by atoms with Gasteiger partial charge in [0.25, 0.3) is 0 Å². The molecule has 1 N–H and O–H groups in total. The van der Waals surface area contributed by atoms with E-state index in [2.05, 4.69) is 33.9 Å². The van der Waals surface area contributed by atoms with Crippen molar-refractivity contribution >= 4 is 5.95 Å². The molecule has 96 valence electrons. The molecular formula is C14H19N3O. The Hall–Kier alpha value is -1.97. The summed E-state index contributed by atoms with van der Waals surface area (Å²) < 4.78 is 7.56. The lowest BCUT2D eigenvalue weighted by molar-refractivity contribution is 0.340. The average Bonchev–Trinajstić information content (AvgIpc) is 2.84. The van der Waals surface area contributed by atoms with Crippen molar-refractivity contribution in [2.24, 2.45) is 0 Å². The molecule has 0 bridgehead atoms. The molecule has 4 heteroatoms. The zero-order chi connectivity index (χ0) is 12.8. The summed E-state index contributed by atoms with van der Waals surface area (Å²) in [6.45, 7) is 6.45. The van der Waals surface area contributed by atoms with Crippen molar-refractivity contribution in [1.29, 1.82) is 0 Å². The van der Waals surface area contributed by atoms with E-state index in [4.69, 9.17) is 4.74 Å². The quantitative estimate of drug-likeness (QED) is 0.850. The fraction of sp³-hybridized carbons (Fsp3) is 0.357. The number of aryl methyl sites for hydroxylation is 1. The molecule has 0 unspecified atom stereocenters. The van der Waals surface area contributed by atoms with Crippen LogP contribution in [0.5, 0.6) is 5.75 Å². The zero-order valence-corrected chi connectivity index (χ0v) is 10.9. The predicted molar refractivity (Wildman–Crippen MR) is 72.8 cm³/mol. The molecule has 4 nitrogen and oxygen atoms in total. The topological polar surface area (TPSA) is 39.1 Å². The Morgan fingerprint density at radius 1 is 1.33 bits per heavy atom. The van der Waals surface area contributed by atoms with Gasteiger partial charge in [0.1, 0.15) is 5.75 Å². The minimum Gasteiger partial charge on any atom is -0.494 e. The molecule has 2 aromatic rings. The van der Waals surface area contributed by atoms with Gasteiger partial charge in [0.2, 0.25) is 5.95 Å². The van der Waals surface area contributed by atoms with Crippen molar-refractivity contribution in [2.45, 2.75) is 26.9 Å². The summed E-state index contributed by atoms with van der Waals surface area (Å²) in [5.74, 6) is 1.81. The maximum Gasteiger partial charge on any atom is 0.203 e. The summed E-state index contributed by atoms with van der Waals surface area (Å²) >= 11 is 0. The van der Waals surface area contributed by atoms with Gasteiger partial charge in [0.15, 0.2) is 0 Å². The van der Waals surface area contributed by atoms with E-state index in [0.717, 1.165) is 24.8 Å². The van der Waals surface area contributed by atoms with Crippen LogP contribution in [0.1, 0.15) is 19.4 Å². The third kappa shape index (κ3) is 3.03. The van der Waals surface area contributed by atoms with Crippen LogP contribution in [0.2, 0.25) is 0 Å². The Labute approximate surface area is 108 Å². The van der Waals surface area contributed by atoms with Crippen LogP contribution in [0.25, 0.3) is 0 Å². The van der Waals surface area contributed by atoms with Gasteiger partial charge < -0.3 is 14.6 Å². The largest absolute Gasteiger partial charge is 0.494 e. The molecule has 0 saturated heterocycles. The Kier molecular flexibility index (Phi) is 4.23. The number of benzene rings is 1. The zero-order valence-electron chi connectivity index (χ0n) is 10.9. The lowest BCUT2D eigenvalue weighted by Gasteiger charge is -2.09. The molecule has 1 aromatic heterocycles. The Morgan fingerprint density at radius 3 is 3.00 bits per heavy atom. The van der Waals surface area contributed by atoms with Crippen LogP contribution in [-0.4, -0.2) is 16.2 Å². The van der Waals surface area contributed by atoms with E-state index in [1.54, 1.807) is 0 Å². The number of aromatic nitrogens is 2. The molecule has 2 rings (SSSR count). The minimum atomic E-state index is 0.692. The second-order valence-corrected chi connectivity index (χ2v) is 3.97. The van der Waals surface area contributed by atoms with Crippen molar-refractivity contribution < 1.29 is 4.74 Å². The molecule has 0 saturated carbocycles. The third-order valence-corrected chi connectivity index (χ3v) is 2.72. The highest BCUT2D eigenvalue weighted by Gasteiger charge is 2.01. The van der Waals surface area contributed by atoms with E-state index in [0.29, 0.717) is 6.61 Å². The van der Waals surface area contributed by atoms with Crippen molar-refractivity contribution in [3.63, 3.8) is 0 Å². The SMILES string of the molecule is CCOc1cccc(CNc2nccn2CC)c1.